The van der Waals surface area contributed by atoms with Gasteiger partial charge in [-0.15, -0.1) is 0 Å². The van der Waals surface area contributed by atoms with Crippen molar-refractivity contribution < 1.29 is 9.90 Å². The van der Waals surface area contributed by atoms with Crippen LogP contribution in [0.1, 0.15) is 12.0 Å². The van der Waals surface area contributed by atoms with E-state index < -0.39 is 17.2 Å². The number of carbonyl (C=O) groups is 1. The van der Waals surface area contributed by atoms with Crippen molar-refractivity contribution in [2.75, 3.05) is 0 Å². The molecule has 0 spiro atoms. The first-order valence-electron chi connectivity index (χ1n) is 4.03. The molecule has 1 aromatic heterocycles. The molecule has 1 heterocycles. The van der Waals surface area contributed by atoms with Gasteiger partial charge < -0.3 is 5.11 Å². The zero-order chi connectivity index (χ0) is 10.7. The molecule has 0 saturated carbocycles. The average molecular weight is 198 g/mol. The van der Waals surface area contributed by atoms with Crippen LogP contribution >= 0.6 is 0 Å². The van der Waals surface area contributed by atoms with Gasteiger partial charge in [-0.1, -0.05) is 0 Å². The summed E-state index contributed by atoms with van der Waals surface area (Å²) in [6.45, 7) is 1.61. The van der Waals surface area contributed by atoms with Crippen LogP contribution in [0.15, 0.2) is 15.8 Å². The maximum Gasteiger partial charge on any atom is 0.328 e. The molecule has 0 aliphatic heterocycles. The summed E-state index contributed by atoms with van der Waals surface area (Å²) in [6.07, 6.45) is 1.20. The molecule has 0 bridgehead atoms. The summed E-state index contributed by atoms with van der Waals surface area (Å²) in [6, 6.07) is 0. The summed E-state index contributed by atoms with van der Waals surface area (Å²) in [4.78, 5) is 34.4. The normalized spacial score (nSPS) is 10.1. The lowest BCUT2D eigenvalue weighted by atomic mass is 10.3. The van der Waals surface area contributed by atoms with Gasteiger partial charge in [0.2, 0.25) is 0 Å². The number of aromatic nitrogens is 2. The van der Waals surface area contributed by atoms with Crippen LogP contribution in [0.5, 0.6) is 0 Å². The van der Waals surface area contributed by atoms with Crippen LogP contribution in [-0.2, 0) is 11.3 Å². The second kappa shape index (κ2) is 3.91. The van der Waals surface area contributed by atoms with E-state index in [1.54, 1.807) is 6.92 Å². The van der Waals surface area contributed by atoms with Gasteiger partial charge in [-0.05, 0) is 6.92 Å². The third kappa shape index (κ3) is 2.32. The van der Waals surface area contributed by atoms with Crippen molar-refractivity contribution in [3.05, 3.63) is 32.6 Å². The summed E-state index contributed by atoms with van der Waals surface area (Å²) in [7, 11) is 0. The molecule has 0 aliphatic carbocycles. The van der Waals surface area contributed by atoms with Crippen molar-refractivity contribution in [3.8, 4) is 0 Å². The standard InChI is InChI=1S/C8H10N2O4/c1-5-4-10(3-2-6(11)12)8(14)9-7(5)13/h4H,2-3H2,1H3,(H,11,12)(H,9,13,14). The van der Waals surface area contributed by atoms with E-state index >= 15 is 0 Å². The van der Waals surface area contributed by atoms with Crippen LogP contribution in [0.25, 0.3) is 0 Å². The van der Waals surface area contributed by atoms with E-state index in [1.165, 1.54) is 10.8 Å². The van der Waals surface area contributed by atoms with Gasteiger partial charge in [-0.2, -0.15) is 0 Å². The summed E-state index contributed by atoms with van der Waals surface area (Å²) < 4.78 is 1.17. The first-order chi connectivity index (χ1) is 6.50. The van der Waals surface area contributed by atoms with Gasteiger partial charge in [-0.25, -0.2) is 4.79 Å². The van der Waals surface area contributed by atoms with Crippen LogP contribution < -0.4 is 11.2 Å². The van der Waals surface area contributed by atoms with E-state index in [1.807, 2.05) is 0 Å². The Bertz CT molecular complexity index is 457. The van der Waals surface area contributed by atoms with E-state index in [2.05, 4.69) is 4.98 Å². The Balaban J connectivity index is 2.99. The highest BCUT2D eigenvalue weighted by atomic mass is 16.4. The fourth-order valence-electron chi connectivity index (χ4n) is 1.00. The van der Waals surface area contributed by atoms with Crippen molar-refractivity contribution in [2.24, 2.45) is 0 Å². The number of carboxylic acid groups (broad SMARTS) is 1. The highest BCUT2D eigenvalue weighted by Gasteiger charge is 2.02. The maximum atomic E-state index is 11.1. The Kier molecular flexibility index (Phi) is 2.85. The Labute approximate surface area is 78.8 Å². The molecule has 0 radical (unpaired) electrons. The second-order valence-electron chi connectivity index (χ2n) is 2.91. The third-order valence-electron chi connectivity index (χ3n) is 1.76. The topological polar surface area (TPSA) is 92.2 Å². The SMILES string of the molecule is Cc1cn(CCC(=O)O)c(=O)[nH]c1=O. The molecule has 0 fully saturated rings. The molecule has 0 atom stereocenters. The molecule has 0 aliphatic rings. The average Bonchev–Trinajstić information content (AvgIpc) is 2.09. The highest BCUT2D eigenvalue weighted by Crippen LogP contribution is 1.88. The van der Waals surface area contributed by atoms with Crippen molar-refractivity contribution in [2.45, 2.75) is 19.9 Å². The number of hydrogen-bond donors (Lipinski definition) is 2. The predicted molar refractivity (Wildman–Crippen MR) is 48.3 cm³/mol. The van der Waals surface area contributed by atoms with Crippen molar-refractivity contribution in [1.82, 2.24) is 9.55 Å². The number of hydrogen-bond acceptors (Lipinski definition) is 3. The molecular formula is C8H10N2O4. The van der Waals surface area contributed by atoms with Crippen LogP contribution in [0, 0.1) is 6.92 Å². The van der Waals surface area contributed by atoms with E-state index in [9.17, 15) is 14.4 Å². The molecule has 0 amide bonds. The molecule has 0 saturated heterocycles. The lowest BCUT2D eigenvalue weighted by Gasteiger charge is -2.02. The monoisotopic (exact) mass is 198 g/mol. The van der Waals surface area contributed by atoms with Crippen LogP contribution in [0.4, 0.5) is 0 Å². The summed E-state index contributed by atoms with van der Waals surface area (Å²) in [5.41, 5.74) is -0.640. The Morgan fingerprint density at radius 2 is 2.21 bits per heavy atom. The van der Waals surface area contributed by atoms with Crippen LogP contribution in [-0.4, -0.2) is 20.6 Å². The van der Waals surface area contributed by atoms with E-state index in [-0.39, 0.29) is 13.0 Å². The highest BCUT2D eigenvalue weighted by molar-refractivity contribution is 5.66. The molecule has 0 unspecified atom stereocenters. The van der Waals surface area contributed by atoms with Gasteiger partial charge in [0.15, 0.2) is 0 Å². The van der Waals surface area contributed by atoms with Gasteiger partial charge in [0.25, 0.3) is 5.56 Å². The van der Waals surface area contributed by atoms with Crippen molar-refractivity contribution in [3.63, 3.8) is 0 Å². The van der Waals surface area contributed by atoms with Gasteiger partial charge in [0.1, 0.15) is 0 Å². The van der Waals surface area contributed by atoms with E-state index in [0.717, 1.165) is 0 Å². The molecular weight excluding hydrogens is 188 g/mol. The van der Waals surface area contributed by atoms with Crippen LogP contribution in [0.2, 0.25) is 0 Å². The first kappa shape index (κ1) is 10.2. The lowest BCUT2D eigenvalue weighted by Crippen LogP contribution is -2.31. The smallest absolute Gasteiger partial charge is 0.328 e. The van der Waals surface area contributed by atoms with Crippen molar-refractivity contribution >= 4 is 5.97 Å². The minimum atomic E-state index is -0.985. The maximum absolute atomic E-state index is 11.1. The predicted octanol–water partition coefficient (Wildman–Crippen LogP) is -0.680. The fraction of sp³-hybridized carbons (Fsp3) is 0.375. The number of nitrogens with one attached hydrogen (secondary N) is 1. The van der Waals surface area contributed by atoms with Crippen molar-refractivity contribution in [1.29, 1.82) is 0 Å². The zero-order valence-electron chi connectivity index (χ0n) is 7.61. The Hall–Kier alpha value is -1.85. The number of carboxylic acids is 1. The minimum absolute atomic E-state index is 0.0613. The van der Waals surface area contributed by atoms with Gasteiger partial charge in [0.05, 0.1) is 6.42 Å². The minimum Gasteiger partial charge on any atom is -0.481 e. The number of aliphatic carboxylic acids is 1. The molecule has 6 heteroatoms. The Morgan fingerprint density at radius 1 is 1.57 bits per heavy atom. The molecule has 6 nitrogen and oxygen atoms in total. The molecule has 1 rings (SSSR count). The van der Waals surface area contributed by atoms with Crippen LogP contribution in [0.3, 0.4) is 0 Å². The zero-order valence-corrected chi connectivity index (χ0v) is 7.61. The lowest BCUT2D eigenvalue weighted by molar-refractivity contribution is -0.137. The van der Waals surface area contributed by atoms with Gasteiger partial charge in [-0.3, -0.25) is 19.1 Å². The summed E-state index contributed by atoms with van der Waals surface area (Å²) >= 11 is 0. The molecule has 2 N–H and O–H groups in total. The van der Waals surface area contributed by atoms with E-state index in [4.69, 9.17) is 5.11 Å². The number of H-pyrrole nitrogens is 1. The first-order valence-corrected chi connectivity index (χ1v) is 4.03. The fourth-order valence-corrected chi connectivity index (χ4v) is 1.00. The third-order valence-corrected chi connectivity index (χ3v) is 1.76. The summed E-state index contributed by atoms with van der Waals surface area (Å²) in [5.74, 6) is -0.985. The van der Waals surface area contributed by atoms with Gasteiger partial charge in [0, 0.05) is 18.3 Å². The second-order valence-corrected chi connectivity index (χ2v) is 2.91. The number of aryl methyl sites for hydroxylation is 2. The number of aromatic amines is 1. The Morgan fingerprint density at radius 3 is 2.79 bits per heavy atom. The molecule has 1 aromatic rings. The molecule has 0 aromatic carbocycles. The number of rotatable bonds is 3. The molecule has 76 valence electrons. The quantitative estimate of drug-likeness (QED) is 0.673. The summed E-state index contributed by atoms with van der Waals surface area (Å²) in [5, 5.41) is 8.40. The molecule has 14 heavy (non-hydrogen) atoms. The van der Waals surface area contributed by atoms with Gasteiger partial charge >= 0.3 is 11.7 Å². The van der Waals surface area contributed by atoms with E-state index in [0.29, 0.717) is 5.56 Å². The number of nitrogens with zero attached hydrogens (tertiary/aromatic N) is 1. The largest absolute Gasteiger partial charge is 0.481 e.